The fraction of sp³-hybridized carbons (Fsp3) is 0.636. The van der Waals surface area contributed by atoms with Crippen molar-refractivity contribution in [2.75, 3.05) is 19.6 Å². The molecule has 0 radical (unpaired) electrons. The van der Waals surface area contributed by atoms with Crippen LogP contribution < -0.4 is 5.32 Å². The van der Waals surface area contributed by atoms with Crippen molar-refractivity contribution in [2.45, 2.75) is 26.3 Å². The zero-order valence-electron chi connectivity index (χ0n) is 10.1. The molecular formula is C11H19IN4O. The molecule has 0 spiro atoms. The molecule has 1 aliphatic rings. The van der Waals surface area contributed by atoms with Gasteiger partial charge in [-0.3, -0.25) is 0 Å². The molecule has 0 aromatic carbocycles. The minimum Gasteiger partial charge on any atom is -0.364 e. The molecule has 1 aromatic rings. The summed E-state index contributed by atoms with van der Waals surface area (Å²) in [5.41, 5.74) is 0.870. The van der Waals surface area contributed by atoms with Gasteiger partial charge in [0.05, 0.1) is 6.54 Å². The number of rotatable bonds is 3. The van der Waals surface area contributed by atoms with Crippen molar-refractivity contribution in [3.05, 3.63) is 18.0 Å². The van der Waals surface area contributed by atoms with Gasteiger partial charge in [-0.25, -0.2) is 4.99 Å². The molecule has 0 unspecified atom stereocenters. The number of guanidine groups is 1. The van der Waals surface area contributed by atoms with Crippen LogP contribution in [-0.4, -0.2) is 35.7 Å². The largest absolute Gasteiger partial charge is 0.364 e. The quantitative estimate of drug-likeness (QED) is 0.514. The lowest BCUT2D eigenvalue weighted by Crippen LogP contribution is -2.39. The van der Waals surface area contributed by atoms with Gasteiger partial charge >= 0.3 is 0 Å². The zero-order valence-corrected chi connectivity index (χ0v) is 12.4. The number of nitrogens with one attached hydrogen (secondary N) is 1. The van der Waals surface area contributed by atoms with E-state index in [-0.39, 0.29) is 24.0 Å². The molecule has 1 aromatic heterocycles. The predicted octanol–water partition coefficient (Wildman–Crippen LogP) is 1.85. The van der Waals surface area contributed by atoms with Crippen LogP contribution in [0.1, 0.15) is 25.5 Å². The van der Waals surface area contributed by atoms with Crippen molar-refractivity contribution in [3.8, 4) is 0 Å². The molecule has 2 rings (SSSR count). The Labute approximate surface area is 119 Å². The van der Waals surface area contributed by atoms with Crippen LogP contribution in [0.3, 0.4) is 0 Å². The molecule has 0 atom stereocenters. The van der Waals surface area contributed by atoms with E-state index < -0.39 is 0 Å². The van der Waals surface area contributed by atoms with Crippen molar-refractivity contribution < 1.29 is 4.52 Å². The van der Waals surface area contributed by atoms with Gasteiger partial charge in [-0.15, -0.1) is 24.0 Å². The van der Waals surface area contributed by atoms with Crippen molar-refractivity contribution in [1.82, 2.24) is 15.4 Å². The molecule has 17 heavy (non-hydrogen) atoms. The van der Waals surface area contributed by atoms with Crippen molar-refractivity contribution in [1.29, 1.82) is 0 Å². The van der Waals surface area contributed by atoms with Crippen LogP contribution in [0.25, 0.3) is 0 Å². The van der Waals surface area contributed by atoms with E-state index in [1.165, 1.54) is 12.8 Å². The summed E-state index contributed by atoms with van der Waals surface area (Å²) in [4.78, 5) is 6.84. The van der Waals surface area contributed by atoms with Gasteiger partial charge < -0.3 is 14.7 Å². The molecule has 1 aliphatic heterocycles. The van der Waals surface area contributed by atoms with Crippen molar-refractivity contribution in [2.24, 2.45) is 4.99 Å². The maximum atomic E-state index is 4.78. The minimum atomic E-state index is 0. The molecule has 2 heterocycles. The van der Waals surface area contributed by atoms with Crippen LogP contribution in [0.5, 0.6) is 0 Å². The van der Waals surface area contributed by atoms with Crippen LogP contribution in [0.15, 0.2) is 21.8 Å². The summed E-state index contributed by atoms with van der Waals surface area (Å²) in [6.07, 6.45) is 4.09. The number of hydrogen-bond donors (Lipinski definition) is 1. The van der Waals surface area contributed by atoms with Crippen LogP contribution in [0.2, 0.25) is 0 Å². The van der Waals surface area contributed by atoms with Gasteiger partial charge in [0, 0.05) is 25.7 Å². The molecular weight excluding hydrogens is 331 g/mol. The van der Waals surface area contributed by atoms with Crippen LogP contribution >= 0.6 is 24.0 Å². The van der Waals surface area contributed by atoms with Gasteiger partial charge in [-0.05, 0) is 19.8 Å². The van der Waals surface area contributed by atoms with Crippen LogP contribution in [0, 0.1) is 0 Å². The SMILES string of the molecule is CCNC(=NCc1ccon1)N1CCCC1.I. The summed E-state index contributed by atoms with van der Waals surface area (Å²) < 4.78 is 4.78. The molecule has 0 aliphatic carbocycles. The Balaban J connectivity index is 0.00000144. The van der Waals surface area contributed by atoms with Crippen molar-refractivity contribution >= 4 is 29.9 Å². The van der Waals surface area contributed by atoms with Crippen LogP contribution in [0.4, 0.5) is 0 Å². The summed E-state index contributed by atoms with van der Waals surface area (Å²) in [5, 5.41) is 7.15. The van der Waals surface area contributed by atoms with E-state index in [1.807, 2.05) is 6.07 Å². The average Bonchev–Trinajstić information content (AvgIpc) is 2.96. The maximum Gasteiger partial charge on any atom is 0.194 e. The first-order valence-corrected chi connectivity index (χ1v) is 5.82. The van der Waals surface area contributed by atoms with Gasteiger partial charge in [0.15, 0.2) is 5.96 Å². The molecule has 1 fully saturated rings. The Bertz CT molecular complexity index is 333. The second kappa shape index (κ2) is 7.52. The zero-order chi connectivity index (χ0) is 11.2. The van der Waals surface area contributed by atoms with E-state index in [2.05, 4.69) is 27.3 Å². The van der Waals surface area contributed by atoms with Crippen molar-refractivity contribution in [3.63, 3.8) is 0 Å². The summed E-state index contributed by atoms with van der Waals surface area (Å²) in [6, 6.07) is 1.84. The molecule has 96 valence electrons. The standard InChI is InChI=1S/C11H18N4O.HI/c1-2-12-11(15-6-3-4-7-15)13-9-10-5-8-16-14-10;/h5,8H,2-4,6-7,9H2,1H3,(H,12,13);1H. The molecule has 5 nitrogen and oxygen atoms in total. The highest BCUT2D eigenvalue weighted by Crippen LogP contribution is 2.08. The lowest BCUT2D eigenvalue weighted by atomic mass is 10.4. The Morgan fingerprint density at radius 1 is 1.53 bits per heavy atom. The summed E-state index contributed by atoms with van der Waals surface area (Å²) in [7, 11) is 0. The number of likely N-dealkylation sites (tertiary alicyclic amines) is 1. The molecule has 1 N–H and O–H groups in total. The maximum absolute atomic E-state index is 4.78. The third-order valence-corrected chi connectivity index (χ3v) is 2.62. The molecule has 6 heteroatoms. The van der Waals surface area contributed by atoms with Gasteiger partial charge in [0.2, 0.25) is 0 Å². The average molecular weight is 350 g/mol. The Hall–Kier alpha value is -0.790. The highest BCUT2D eigenvalue weighted by atomic mass is 127. The van der Waals surface area contributed by atoms with E-state index in [0.717, 1.165) is 31.3 Å². The normalized spacial score (nSPS) is 15.8. The van der Waals surface area contributed by atoms with Gasteiger partial charge in [-0.2, -0.15) is 0 Å². The first kappa shape index (κ1) is 14.3. The molecule has 0 amide bonds. The topological polar surface area (TPSA) is 53.7 Å². The number of aromatic nitrogens is 1. The van der Waals surface area contributed by atoms with Gasteiger partial charge in [0.25, 0.3) is 0 Å². The second-order valence-electron chi connectivity index (χ2n) is 3.86. The second-order valence-corrected chi connectivity index (χ2v) is 3.86. The lowest BCUT2D eigenvalue weighted by molar-refractivity contribution is 0.411. The lowest BCUT2D eigenvalue weighted by Gasteiger charge is -2.20. The Kier molecular flexibility index (Phi) is 6.31. The first-order chi connectivity index (χ1) is 7.90. The van der Waals surface area contributed by atoms with E-state index in [4.69, 9.17) is 4.52 Å². The first-order valence-electron chi connectivity index (χ1n) is 5.82. The Morgan fingerprint density at radius 3 is 2.88 bits per heavy atom. The number of nitrogens with zero attached hydrogens (tertiary/aromatic N) is 3. The monoisotopic (exact) mass is 350 g/mol. The number of aliphatic imine (C=N–C) groups is 1. The van der Waals surface area contributed by atoms with E-state index in [0.29, 0.717) is 6.54 Å². The molecule has 1 saturated heterocycles. The predicted molar refractivity (Wildman–Crippen MR) is 77.5 cm³/mol. The Morgan fingerprint density at radius 2 is 2.29 bits per heavy atom. The number of hydrogen-bond acceptors (Lipinski definition) is 3. The van der Waals surface area contributed by atoms with E-state index >= 15 is 0 Å². The van der Waals surface area contributed by atoms with E-state index in [1.54, 1.807) is 6.26 Å². The van der Waals surface area contributed by atoms with Gasteiger partial charge in [-0.1, -0.05) is 5.16 Å². The van der Waals surface area contributed by atoms with Crippen LogP contribution in [-0.2, 0) is 6.54 Å². The van der Waals surface area contributed by atoms with Gasteiger partial charge in [0.1, 0.15) is 12.0 Å². The third kappa shape index (κ3) is 4.18. The summed E-state index contributed by atoms with van der Waals surface area (Å²) in [6.45, 7) is 5.76. The van der Waals surface area contributed by atoms with E-state index in [9.17, 15) is 0 Å². The smallest absolute Gasteiger partial charge is 0.194 e. The highest BCUT2D eigenvalue weighted by Gasteiger charge is 2.15. The highest BCUT2D eigenvalue weighted by molar-refractivity contribution is 14.0. The molecule has 0 bridgehead atoms. The number of halogens is 1. The minimum absolute atomic E-state index is 0. The molecule has 0 saturated carbocycles. The third-order valence-electron chi connectivity index (χ3n) is 2.62. The fourth-order valence-corrected chi connectivity index (χ4v) is 1.83. The summed E-state index contributed by atoms with van der Waals surface area (Å²) >= 11 is 0. The fourth-order valence-electron chi connectivity index (χ4n) is 1.83. The summed E-state index contributed by atoms with van der Waals surface area (Å²) in [5.74, 6) is 0.989.